The third-order valence-corrected chi connectivity index (χ3v) is 5.46. The standard InChI is InChI=1S/C24H20F4N2O3/c25-17-4-5-21(29-12-17)33-18-10-19(24(27)28)23(26)20(11-18)30-8-7-15-9-14(2-6-22(31)32)1-3-16(15)13-30/h1,3-5,9-12,24H,2,6-8,13H2,(H,31,32). The second-order valence-electron chi connectivity index (χ2n) is 7.73. The number of aryl methyl sites for hydroxylation is 1. The molecule has 2 aromatic carbocycles. The molecule has 2 heterocycles. The predicted molar refractivity (Wildman–Crippen MR) is 113 cm³/mol. The number of aliphatic carboxylic acids is 1. The van der Waals surface area contributed by atoms with Crippen molar-refractivity contribution in [1.29, 1.82) is 0 Å². The molecule has 0 spiro atoms. The Morgan fingerprint density at radius 3 is 2.64 bits per heavy atom. The fourth-order valence-electron chi connectivity index (χ4n) is 3.81. The van der Waals surface area contributed by atoms with E-state index in [0.717, 1.165) is 35.0 Å². The van der Waals surface area contributed by atoms with E-state index in [1.807, 2.05) is 18.2 Å². The summed E-state index contributed by atoms with van der Waals surface area (Å²) >= 11 is 0. The average Bonchev–Trinajstić information content (AvgIpc) is 2.79. The summed E-state index contributed by atoms with van der Waals surface area (Å²) < 4.78 is 60.6. The molecule has 172 valence electrons. The van der Waals surface area contributed by atoms with E-state index in [4.69, 9.17) is 9.84 Å². The first kappa shape index (κ1) is 22.6. The van der Waals surface area contributed by atoms with Gasteiger partial charge in [0, 0.05) is 31.6 Å². The van der Waals surface area contributed by atoms with E-state index in [1.165, 1.54) is 12.1 Å². The Morgan fingerprint density at radius 1 is 1.12 bits per heavy atom. The number of fused-ring (bicyclic) bond motifs is 1. The molecular formula is C24H20F4N2O3. The highest BCUT2D eigenvalue weighted by Crippen LogP contribution is 2.37. The van der Waals surface area contributed by atoms with Gasteiger partial charge in [-0.25, -0.2) is 22.5 Å². The zero-order chi connectivity index (χ0) is 23.5. The van der Waals surface area contributed by atoms with Crippen LogP contribution in [0.2, 0.25) is 0 Å². The van der Waals surface area contributed by atoms with Crippen molar-refractivity contribution in [1.82, 2.24) is 4.98 Å². The molecule has 1 N–H and O–H groups in total. The number of carbonyl (C=O) groups is 1. The Balaban J connectivity index is 1.61. The van der Waals surface area contributed by atoms with E-state index in [9.17, 15) is 22.4 Å². The number of rotatable bonds is 7. The van der Waals surface area contributed by atoms with Crippen LogP contribution in [0, 0.1) is 11.6 Å². The van der Waals surface area contributed by atoms with Gasteiger partial charge in [0.15, 0.2) is 5.82 Å². The molecule has 0 atom stereocenters. The molecule has 0 saturated heterocycles. The summed E-state index contributed by atoms with van der Waals surface area (Å²) in [6, 6.07) is 10.2. The fraction of sp³-hybridized carbons (Fsp3) is 0.250. The number of benzene rings is 2. The SMILES string of the molecule is O=C(O)CCc1ccc2c(c1)CCN(c1cc(Oc3ccc(F)cn3)cc(C(F)F)c1F)C2. The molecule has 1 aliphatic heterocycles. The molecular weight excluding hydrogens is 440 g/mol. The zero-order valence-electron chi connectivity index (χ0n) is 17.4. The van der Waals surface area contributed by atoms with Gasteiger partial charge in [-0.1, -0.05) is 18.2 Å². The Kier molecular flexibility index (Phi) is 6.48. The Labute approximate surface area is 187 Å². The van der Waals surface area contributed by atoms with Crippen molar-refractivity contribution in [2.45, 2.75) is 32.2 Å². The summed E-state index contributed by atoms with van der Waals surface area (Å²) in [6.45, 7) is 0.680. The molecule has 3 aromatic rings. The lowest BCUT2D eigenvalue weighted by Crippen LogP contribution is -2.31. The molecule has 5 nitrogen and oxygen atoms in total. The highest BCUT2D eigenvalue weighted by Gasteiger charge is 2.25. The van der Waals surface area contributed by atoms with Crippen LogP contribution in [0.1, 0.15) is 35.1 Å². The summed E-state index contributed by atoms with van der Waals surface area (Å²) in [6.07, 6.45) is -1.13. The van der Waals surface area contributed by atoms with Crippen molar-refractivity contribution in [3.05, 3.63) is 82.5 Å². The van der Waals surface area contributed by atoms with Crippen LogP contribution in [0.4, 0.5) is 23.2 Å². The Hall–Kier alpha value is -3.62. The van der Waals surface area contributed by atoms with E-state index < -0.39 is 29.6 Å². The fourth-order valence-corrected chi connectivity index (χ4v) is 3.81. The number of carboxylic acids is 1. The monoisotopic (exact) mass is 460 g/mol. The third kappa shape index (κ3) is 5.24. The van der Waals surface area contributed by atoms with Crippen LogP contribution in [-0.2, 0) is 24.2 Å². The highest BCUT2D eigenvalue weighted by molar-refractivity contribution is 5.67. The molecule has 1 aromatic heterocycles. The summed E-state index contributed by atoms with van der Waals surface area (Å²) in [5.41, 5.74) is 2.01. The molecule has 4 rings (SSSR count). The van der Waals surface area contributed by atoms with Gasteiger partial charge in [-0.05, 0) is 41.7 Å². The number of hydrogen-bond acceptors (Lipinski definition) is 4. The lowest BCUT2D eigenvalue weighted by atomic mass is 9.95. The lowest BCUT2D eigenvalue weighted by molar-refractivity contribution is -0.136. The Morgan fingerprint density at radius 2 is 1.94 bits per heavy atom. The van der Waals surface area contributed by atoms with Gasteiger partial charge in [-0.15, -0.1) is 0 Å². The maximum absolute atomic E-state index is 15.0. The number of ether oxygens (including phenoxy) is 1. The second-order valence-corrected chi connectivity index (χ2v) is 7.73. The smallest absolute Gasteiger partial charge is 0.303 e. The molecule has 1 aliphatic rings. The molecule has 0 unspecified atom stereocenters. The van der Waals surface area contributed by atoms with Crippen molar-refractivity contribution in [2.75, 3.05) is 11.4 Å². The van der Waals surface area contributed by atoms with Crippen LogP contribution in [0.5, 0.6) is 11.6 Å². The van der Waals surface area contributed by atoms with Gasteiger partial charge in [-0.3, -0.25) is 4.79 Å². The van der Waals surface area contributed by atoms with E-state index in [2.05, 4.69) is 4.98 Å². The molecule has 0 radical (unpaired) electrons. The normalized spacial score (nSPS) is 13.2. The molecule has 0 fully saturated rings. The minimum Gasteiger partial charge on any atom is -0.481 e. The van der Waals surface area contributed by atoms with Crippen LogP contribution in [-0.4, -0.2) is 22.6 Å². The summed E-state index contributed by atoms with van der Waals surface area (Å²) in [7, 11) is 0. The number of carboxylic acid groups (broad SMARTS) is 1. The zero-order valence-corrected chi connectivity index (χ0v) is 17.4. The van der Waals surface area contributed by atoms with Crippen molar-refractivity contribution >= 4 is 11.7 Å². The molecule has 0 aliphatic carbocycles. The van der Waals surface area contributed by atoms with Gasteiger partial charge in [0.05, 0.1) is 17.4 Å². The van der Waals surface area contributed by atoms with Crippen LogP contribution in [0.25, 0.3) is 0 Å². The molecule has 0 saturated carbocycles. The van der Waals surface area contributed by atoms with E-state index >= 15 is 0 Å². The number of halogens is 4. The molecule has 0 bridgehead atoms. The van der Waals surface area contributed by atoms with Crippen LogP contribution in [0.15, 0.2) is 48.7 Å². The number of alkyl halides is 2. The Bertz CT molecular complexity index is 1170. The van der Waals surface area contributed by atoms with Gasteiger partial charge in [0.25, 0.3) is 6.43 Å². The van der Waals surface area contributed by atoms with E-state index in [-0.39, 0.29) is 23.7 Å². The van der Waals surface area contributed by atoms with Gasteiger partial charge < -0.3 is 14.7 Å². The number of hydrogen-bond donors (Lipinski definition) is 1. The largest absolute Gasteiger partial charge is 0.481 e. The predicted octanol–water partition coefficient (Wildman–Crippen LogP) is 5.67. The molecule has 0 amide bonds. The van der Waals surface area contributed by atoms with Gasteiger partial charge in [-0.2, -0.15) is 0 Å². The third-order valence-electron chi connectivity index (χ3n) is 5.46. The van der Waals surface area contributed by atoms with Crippen molar-refractivity contribution in [3.8, 4) is 11.6 Å². The molecule has 33 heavy (non-hydrogen) atoms. The van der Waals surface area contributed by atoms with Crippen molar-refractivity contribution < 1.29 is 32.2 Å². The first-order valence-electron chi connectivity index (χ1n) is 10.3. The van der Waals surface area contributed by atoms with Crippen molar-refractivity contribution in [2.24, 2.45) is 0 Å². The van der Waals surface area contributed by atoms with Gasteiger partial charge in [0.2, 0.25) is 5.88 Å². The minimum absolute atomic E-state index is 0.00736. The first-order chi connectivity index (χ1) is 15.8. The van der Waals surface area contributed by atoms with Gasteiger partial charge >= 0.3 is 5.97 Å². The average molecular weight is 460 g/mol. The van der Waals surface area contributed by atoms with Crippen molar-refractivity contribution in [3.63, 3.8) is 0 Å². The summed E-state index contributed by atoms with van der Waals surface area (Å²) in [5, 5.41) is 8.86. The quantitative estimate of drug-likeness (QED) is 0.461. The van der Waals surface area contributed by atoms with E-state index in [1.54, 1.807) is 4.90 Å². The van der Waals surface area contributed by atoms with Crippen LogP contribution < -0.4 is 9.64 Å². The maximum atomic E-state index is 15.0. The summed E-state index contributed by atoms with van der Waals surface area (Å²) in [5.74, 6) is -2.51. The minimum atomic E-state index is -3.05. The van der Waals surface area contributed by atoms with Crippen LogP contribution >= 0.6 is 0 Å². The second kappa shape index (κ2) is 9.48. The lowest BCUT2D eigenvalue weighted by Gasteiger charge is -2.32. The number of aromatic nitrogens is 1. The van der Waals surface area contributed by atoms with Crippen LogP contribution in [0.3, 0.4) is 0 Å². The maximum Gasteiger partial charge on any atom is 0.303 e. The summed E-state index contributed by atoms with van der Waals surface area (Å²) in [4.78, 5) is 16.2. The van der Waals surface area contributed by atoms with Gasteiger partial charge in [0.1, 0.15) is 11.6 Å². The molecule has 9 heteroatoms. The number of nitrogens with zero attached hydrogens (tertiary/aromatic N) is 2. The number of pyridine rings is 1. The van der Waals surface area contributed by atoms with E-state index in [0.29, 0.717) is 25.9 Å². The highest BCUT2D eigenvalue weighted by atomic mass is 19.3. The topological polar surface area (TPSA) is 62.7 Å². The first-order valence-corrected chi connectivity index (χ1v) is 10.3. The number of anilines is 1.